The van der Waals surface area contributed by atoms with E-state index in [0.717, 1.165) is 19.2 Å². The zero-order chi connectivity index (χ0) is 11.2. The van der Waals surface area contributed by atoms with Crippen molar-refractivity contribution in [2.75, 3.05) is 46.6 Å². The van der Waals surface area contributed by atoms with E-state index < -0.39 is 0 Å². The van der Waals surface area contributed by atoms with E-state index in [1.165, 1.54) is 32.4 Å². The lowest BCUT2D eigenvalue weighted by atomic mass is 10.1. The monoisotopic (exact) mass is 228 g/mol. The third kappa shape index (κ3) is 3.17. The first-order chi connectivity index (χ1) is 7.92. The molecule has 0 amide bonds. The van der Waals surface area contributed by atoms with Crippen LogP contribution in [0.5, 0.6) is 0 Å². The smallest absolute Gasteiger partial charge is 0.0700 e. The Morgan fingerprint density at radius 1 is 1.19 bits per heavy atom. The summed E-state index contributed by atoms with van der Waals surface area (Å²) in [6.07, 6.45) is 4.07. The van der Waals surface area contributed by atoms with Crippen LogP contribution < -0.4 is 5.32 Å². The average molecular weight is 228 g/mol. The minimum Gasteiger partial charge on any atom is -0.382 e. The van der Waals surface area contributed by atoms with Crippen LogP contribution in [0.25, 0.3) is 0 Å². The van der Waals surface area contributed by atoms with Crippen LogP contribution in [-0.2, 0) is 9.47 Å². The largest absolute Gasteiger partial charge is 0.382 e. The third-order valence-electron chi connectivity index (χ3n) is 3.69. The second-order valence-corrected chi connectivity index (χ2v) is 4.70. The maximum atomic E-state index is 5.44. The molecule has 0 aromatic carbocycles. The van der Waals surface area contributed by atoms with Crippen molar-refractivity contribution >= 4 is 0 Å². The summed E-state index contributed by atoms with van der Waals surface area (Å²) >= 11 is 0. The summed E-state index contributed by atoms with van der Waals surface area (Å²) < 4.78 is 10.4. The van der Waals surface area contributed by atoms with Crippen LogP contribution in [-0.4, -0.2) is 63.5 Å². The van der Waals surface area contributed by atoms with Crippen LogP contribution in [0.4, 0.5) is 0 Å². The second-order valence-electron chi connectivity index (χ2n) is 4.70. The summed E-state index contributed by atoms with van der Waals surface area (Å²) in [7, 11) is 1.70. The Morgan fingerprint density at radius 3 is 3.00 bits per heavy atom. The normalized spacial score (nSPS) is 29.8. The fourth-order valence-electron chi connectivity index (χ4n) is 2.88. The SMILES string of the molecule is COCCOCCNC1CCN2CCCC12. The molecule has 0 radical (unpaired) electrons. The molecule has 2 heterocycles. The molecule has 2 atom stereocenters. The molecule has 0 aliphatic carbocycles. The van der Waals surface area contributed by atoms with Crippen molar-refractivity contribution in [3.8, 4) is 0 Å². The van der Waals surface area contributed by atoms with Crippen LogP contribution >= 0.6 is 0 Å². The van der Waals surface area contributed by atoms with Gasteiger partial charge in [0.2, 0.25) is 0 Å². The summed E-state index contributed by atoms with van der Waals surface area (Å²) in [6.45, 7) is 5.77. The minimum atomic E-state index is 0.694. The number of methoxy groups -OCH3 is 1. The molecule has 0 aromatic rings. The van der Waals surface area contributed by atoms with Gasteiger partial charge < -0.3 is 14.8 Å². The number of hydrogen-bond donors (Lipinski definition) is 1. The predicted molar refractivity (Wildman–Crippen MR) is 63.7 cm³/mol. The first kappa shape index (κ1) is 12.3. The van der Waals surface area contributed by atoms with Gasteiger partial charge in [-0.1, -0.05) is 0 Å². The van der Waals surface area contributed by atoms with E-state index in [1.54, 1.807) is 7.11 Å². The van der Waals surface area contributed by atoms with Gasteiger partial charge in [-0.2, -0.15) is 0 Å². The van der Waals surface area contributed by atoms with Gasteiger partial charge in [0.1, 0.15) is 0 Å². The van der Waals surface area contributed by atoms with Crippen LogP contribution in [0.2, 0.25) is 0 Å². The molecule has 2 fully saturated rings. The lowest BCUT2D eigenvalue weighted by Crippen LogP contribution is -2.40. The highest BCUT2D eigenvalue weighted by Gasteiger charge is 2.36. The van der Waals surface area contributed by atoms with Crippen LogP contribution in [0.1, 0.15) is 19.3 Å². The first-order valence-corrected chi connectivity index (χ1v) is 6.46. The Bertz CT molecular complexity index is 201. The maximum Gasteiger partial charge on any atom is 0.0700 e. The van der Waals surface area contributed by atoms with Gasteiger partial charge in [-0.3, -0.25) is 4.90 Å². The molecule has 2 unspecified atom stereocenters. The fraction of sp³-hybridized carbons (Fsp3) is 1.00. The Hall–Kier alpha value is -0.160. The number of ether oxygens (including phenoxy) is 2. The standard InChI is InChI=1S/C12H24N2O2/c1-15-9-10-16-8-5-13-11-4-7-14-6-2-3-12(11)14/h11-13H,2-10H2,1H3. The molecule has 2 rings (SSSR count). The lowest BCUT2D eigenvalue weighted by molar-refractivity contribution is 0.0706. The zero-order valence-corrected chi connectivity index (χ0v) is 10.3. The van der Waals surface area contributed by atoms with Crippen molar-refractivity contribution in [2.24, 2.45) is 0 Å². The van der Waals surface area contributed by atoms with Crippen molar-refractivity contribution in [3.63, 3.8) is 0 Å². The average Bonchev–Trinajstić information content (AvgIpc) is 2.87. The van der Waals surface area contributed by atoms with Gasteiger partial charge in [0.25, 0.3) is 0 Å². The Balaban J connectivity index is 1.53. The number of nitrogens with zero attached hydrogens (tertiary/aromatic N) is 1. The molecule has 1 N–H and O–H groups in total. The van der Waals surface area contributed by atoms with Gasteiger partial charge in [-0.15, -0.1) is 0 Å². The summed E-state index contributed by atoms with van der Waals surface area (Å²) in [4.78, 5) is 2.63. The predicted octanol–water partition coefficient (Wildman–Crippen LogP) is 0.476. The number of hydrogen-bond acceptors (Lipinski definition) is 4. The van der Waals surface area contributed by atoms with E-state index in [4.69, 9.17) is 9.47 Å². The third-order valence-corrected chi connectivity index (χ3v) is 3.69. The molecule has 16 heavy (non-hydrogen) atoms. The molecule has 94 valence electrons. The van der Waals surface area contributed by atoms with E-state index in [0.29, 0.717) is 19.3 Å². The summed E-state index contributed by atoms with van der Waals surface area (Å²) in [6, 6.07) is 1.51. The minimum absolute atomic E-state index is 0.694. The van der Waals surface area contributed by atoms with E-state index in [9.17, 15) is 0 Å². The number of nitrogens with one attached hydrogen (secondary N) is 1. The summed E-state index contributed by atoms with van der Waals surface area (Å²) in [5, 5.41) is 3.62. The number of rotatable bonds is 7. The molecule has 4 nitrogen and oxygen atoms in total. The highest BCUT2D eigenvalue weighted by molar-refractivity contribution is 4.95. The van der Waals surface area contributed by atoms with Crippen LogP contribution in [0.3, 0.4) is 0 Å². The van der Waals surface area contributed by atoms with E-state index in [1.807, 2.05) is 0 Å². The lowest BCUT2D eigenvalue weighted by Gasteiger charge is -2.21. The van der Waals surface area contributed by atoms with Crippen molar-refractivity contribution in [1.29, 1.82) is 0 Å². The van der Waals surface area contributed by atoms with E-state index in [2.05, 4.69) is 10.2 Å². The Kier molecular flexibility index (Phi) is 5.03. The van der Waals surface area contributed by atoms with Crippen molar-refractivity contribution in [2.45, 2.75) is 31.3 Å². The Morgan fingerprint density at radius 2 is 2.12 bits per heavy atom. The molecular formula is C12H24N2O2. The van der Waals surface area contributed by atoms with Crippen LogP contribution in [0, 0.1) is 0 Å². The van der Waals surface area contributed by atoms with E-state index in [-0.39, 0.29) is 0 Å². The topological polar surface area (TPSA) is 33.7 Å². The second kappa shape index (κ2) is 6.55. The summed E-state index contributed by atoms with van der Waals surface area (Å²) in [5.41, 5.74) is 0. The van der Waals surface area contributed by atoms with Gasteiger partial charge in [-0.05, 0) is 25.8 Å². The van der Waals surface area contributed by atoms with E-state index >= 15 is 0 Å². The Labute approximate surface area is 98.3 Å². The van der Waals surface area contributed by atoms with Gasteiger partial charge in [0, 0.05) is 32.3 Å². The van der Waals surface area contributed by atoms with Crippen molar-refractivity contribution in [3.05, 3.63) is 0 Å². The molecule has 0 saturated carbocycles. The molecule has 2 aliphatic rings. The molecule has 0 spiro atoms. The molecule has 4 heteroatoms. The highest BCUT2D eigenvalue weighted by Crippen LogP contribution is 2.27. The van der Waals surface area contributed by atoms with Gasteiger partial charge >= 0.3 is 0 Å². The molecular weight excluding hydrogens is 204 g/mol. The number of fused-ring (bicyclic) bond motifs is 1. The fourth-order valence-corrected chi connectivity index (χ4v) is 2.88. The van der Waals surface area contributed by atoms with Crippen molar-refractivity contribution in [1.82, 2.24) is 10.2 Å². The van der Waals surface area contributed by atoms with Gasteiger partial charge in [0.05, 0.1) is 19.8 Å². The quantitative estimate of drug-likeness (QED) is 0.643. The molecule has 0 aromatic heterocycles. The maximum absolute atomic E-state index is 5.44. The van der Waals surface area contributed by atoms with Gasteiger partial charge in [0.15, 0.2) is 0 Å². The molecule has 2 aliphatic heterocycles. The van der Waals surface area contributed by atoms with Crippen LogP contribution in [0.15, 0.2) is 0 Å². The highest BCUT2D eigenvalue weighted by atomic mass is 16.5. The van der Waals surface area contributed by atoms with Crippen molar-refractivity contribution < 1.29 is 9.47 Å². The van der Waals surface area contributed by atoms with Gasteiger partial charge in [-0.25, -0.2) is 0 Å². The zero-order valence-electron chi connectivity index (χ0n) is 10.3. The summed E-state index contributed by atoms with van der Waals surface area (Å²) in [5.74, 6) is 0. The molecule has 2 saturated heterocycles. The first-order valence-electron chi connectivity index (χ1n) is 6.46. The molecule has 0 bridgehead atoms.